The molecule has 3 rings (SSSR count). The topological polar surface area (TPSA) is 42.0 Å². The summed E-state index contributed by atoms with van der Waals surface area (Å²) in [6.07, 6.45) is 2.21. The van der Waals surface area contributed by atoms with Crippen LogP contribution in [0, 0.1) is 0 Å². The zero-order valence-corrected chi connectivity index (χ0v) is 11.7. The number of hydrogen-bond donors (Lipinski definition) is 1. The molecule has 1 aromatic heterocycles. The minimum atomic E-state index is 0.0269. The van der Waals surface area contributed by atoms with Crippen LogP contribution in [0.15, 0.2) is 35.4 Å². The molecule has 1 heterocycles. The Morgan fingerprint density at radius 1 is 1.42 bits per heavy atom. The zero-order valence-electron chi connectivity index (χ0n) is 10.8. The molecule has 0 aliphatic heterocycles. The van der Waals surface area contributed by atoms with Gasteiger partial charge < -0.3 is 5.32 Å². The lowest BCUT2D eigenvalue weighted by Crippen LogP contribution is -2.25. The van der Waals surface area contributed by atoms with Gasteiger partial charge in [-0.3, -0.25) is 4.79 Å². The summed E-state index contributed by atoms with van der Waals surface area (Å²) in [6.45, 7) is 2.09. The van der Waals surface area contributed by atoms with Crippen molar-refractivity contribution in [2.24, 2.45) is 0 Å². The molecule has 19 heavy (non-hydrogen) atoms. The molecule has 4 heteroatoms. The summed E-state index contributed by atoms with van der Waals surface area (Å²) in [4.78, 5) is 16.9. The third-order valence-electron chi connectivity index (χ3n) is 3.14. The van der Waals surface area contributed by atoms with E-state index in [0.29, 0.717) is 6.04 Å². The first-order valence-electron chi connectivity index (χ1n) is 6.61. The van der Waals surface area contributed by atoms with Crippen molar-refractivity contribution >= 4 is 28.6 Å². The van der Waals surface area contributed by atoms with Gasteiger partial charge >= 0.3 is 0 Å². The number of para-hydroxylation sites is 1. The number of rotatable bonds is 4. The van der Waals surface area contributed by atoms with Gasteiger partial charge in [0.15, 0.2) is 0 Å². The normalized spacial score (nSPS) is 14.6. The van der Waals surface area contributed by atoms with E-state index < -0.39 is 0 Å². The highest BCUT2D eigenvalue weighted by atomic mass is 32.2. The van der Waals surface area contributed by atoms with Gasteiger partial charge in [0.05, 0.1) is 16.1 Å². The molecule has 1 aliphatic rings. The van der Waals surface area contributed by atoms with Crippen LogP contribution in [0.25, 0.3) is 10.9 Å². The minimum absolute atomic E-state index is 0.0269. The molecule has 1 aromatic carbocycles. The van der Waals surface area contributed by atoms with Crippen LogP contribution in [0.5, 0.6) is 0 Å². The lowest BCUT2D eigenvalue weighted by Gasteiger charge is -2.09. The average Bonchev–Trinajstić information content (AvgIpc) is 3.22. The number of fused-ring (bicyclic) bond motifs is 1. The Hall–Kier alpha value is -1.55. The van der Waals surface area contributed by atoms with E-state index in [2.05, 4.69) is 17.2 Å². The first kappa shape index (κ1) is 12.5. The van der Waals surface area contributed by atoms with Gasteiger partial charge in [-0.1, -0.05) is 25.1 Å². The molecule has 0 spiro atoms. The van der Waals surface area contributed by atoms with Crippen LogP contribution in [-0.2, 0) is 0 Å². The summed E-state index contributed by atoms with van der Waals surface area (Å²) in [5.74, 6) is 0.980. The number of thioether (sulfide) groups is 1. The van der Waals surface area contributed by atoms with E-state index >= 15 is 0 Å². The molecule has 0 atom stereocenters. The average molecular weight is 272 g/mol. The summed E-state index contributed by atoms with van der Waals surface area (Å²) in [5, 5.41) is 4.91. The molecule has 0 saturated heterocycles. The van der Waals surface area contributed by atoms with Crippen molar-refractivity contribution < 1.29 is 4.79 Å². The molecule has 1 N–H and O–H groups in total. The van der Waals surface area contributed by atoms with Gasteiger partial charge in [-0.2, -0.15) is 0 Å². The van der Waals surface area contributed by atoms with Crippen LogP contribution in [0.2, 0.25) is 0 Å². The number of carbonyl (C=O) groups is 1. The number of aromatic nitrogens is 1. The Bertz CT molecular complexity index is 623. The molecular weight excluding hydrogens is 256 g/mol. The van der Waals surface area contributed by atoms with Gasteiger partial charge in [0.2, 0.25) is 0 Å². The molecule has 2 aromatic rings. The van der Waals surface area contributed by atoms with Gasteiger partial charge in [0.25, 0.3) is 5.91 Å². The van der Waals surface area contributed by atoms with Gasteiger partial charge in [-0.25, -0.2) is 4.98 Å². The lowest BCUT2D eigenvalue weighted by molar-refractivity contribution is 0.0952. The maximum absolute atomic E-state index is 12.3. The number of hydrogen-bond acceptors (Lipinski definition) is 3. The number of nitrogens with zero attached hydrogens (tertiary/aromatic N) is 1. The maximum Gasteiger partial charge on any atom is 0.252 e. The van der Waals surface area contributed by atoms with E-state index in [4.69, 9.17) is 0 Å². The highest BCUT2D eigenvalue weighted by Gasteiger charge is 2.24. The largest absolute Gasteiger partial charge is 0.349 e. The van der Waals surface area contributed by atoms with E-state index in [-0.39, 0.29) is 5.91 Å². The monoisotopic (exact) mass is 272 g/mol. The molecule has 3 nitrogen and oxygen atoms in total. The van der Waals surface area contributed by atoms with E-state index in [1.54, 1.807) is 11.8 Å². The summed E-state index contributed by atoms with van der Waals surface area (Å²) in [5.41, 5.74) is 1.63. The Kier molecular flexibility index (Phi) is 3.42. The molecule has 1 aliphatic carbocycles. The van der Waals surface area contributed by atoms with Crippen molar-refractivity contribution in [1.29, 1.82) is 0 Å². The standard InChI is InChI=1S/C15H16N2OS/c1-2-19-14-9-12(15(18)16-10-7-8-10)11-5-3-4-6-13(11)17-14/h3-6,9-10H,2,7-8H2,1H3,(H,16,18). The summed E-state index contributed by atoms with van der Waals surface area (Å²) in [7, 11) is 0. The van der Waals surface area contributed by atoms with Crippen LogP contribution < -0.4 is 5.32 Å². The van der Waals surface area contributed by atoms with Crippen LogP contribution in [0.4, 0.5) is 0 Å². The first-order valence-corrected chi connectivity index (χ1v) is 7.60. The SMILES string of the molecule is CCSc1cc(C(=O)NC2CC2)c2ccccc2n1. The zero-order chi connectivity index (χ0) is 13.2. The summed E-state index contributed by atoms with van der Waals surface area (Å²) < 4.78 is 0. The Morgan fingerprint density at radius 2 is 2.21 bits per heavy atom. The van der Waals surface area contributed by atoms with Crippen LogP contribution in [0.1, 0.15) is 30.1 Å². The highest BCUT2D eigenvalue weighted by Crippen LogP contribution is 2.25. The van der Waals surface area contributed by atoms with E-state index in [1.807, 2.05) is 30.3 Å². The second-order valence-electron chi connectivity index (χ2n) is 4.71. The third-order valence-corrected chi connectivity index (χ3v) is 3.94. The van der Waals surface area contributed by atoms with Crippen LogP contribution in [-0.4, -0.2) is 22.7 Å². The third kappa shape index (κ3) is 2.73. The first-order chi connectivity index (χ1) is 9.28. The fraction of sp³-hybridized carbons (Fsp3) is 0.333. The highest BCUT2D eigenvalue weighted by molar-refractivity contribution is 7.99. The Labute approximate surface area is 116 Å². The maximum atomic E-state index is 12.3. The summed E-state index contributed by atoms with van der Waals surface area (Å²) >= 11 is 1.67. The number of amides is 1. The fourth-order valence-corrected chi connectivity index (χ4v) is 2.71. The number of benzene rings is 1. The molecule has 0 bridgehead atoms. The van der Waals surface area contributed by atoms with E-state index in [0.717, 1.165) is 40.1 Å². The van der Waals surface area contributed by atoms with Crippen molar-refractivity contribution in [1.82, 2.24) is 10.3 Å². The smallest absolute Gasteiger partial charge is 0.252 e. The molecule has 1 amide bonds. The predicted octanol–water partition coefficient (Wildman–Crippen LogP) is 3.24. The Morgan fingerprint density at radius 3 is 2.95 bits per heavy atom. The molecule has 98 valence electrons. The lowest BCUT2D eigenvalue weighted by atomic mass is 10.1. The summed E-state index contributed by atoms with van der Waals surface area (Å²) in [6, 6.07) is 10.1. The van der Waals surface area contributed by atoms with Crippen LogP contribution >= 0.6 is 11.8 Å². The fourth-order valence-electron chi connectivity index (χ4n) is 2.05. The van der Waals surface area contributed by atoms with Gasteiger partial charge in [0, 0.05) is 11.4 Å². The molecule has 1 saturated carbocycles. The number of pyridine rings is 1. The molecule has 0 unspecified atom stereocenters. The van der Waals surface area contributed by atoms with Gasteiger partial charge in [-0.15, -0.1) is 11.8 Å². The van der Waals surface area contributed by atoms with Crippen LogP contribution in [0.3, 0.4) is 0 Å². The predicted molar refractivity (Wildman–Crippen MR) is 78.6 cm³/mol. The minimum Gasteiger partial charge on any atom is -0.349 e. The van der Waals surface area contributed by atoms with E-state index in [9.17, 15) is 4.79 Å². The molecule has 1 fully saturated rings. The van der Waals surface area contributed by atoms with Crippen molar-refractivity contribution in [2.75, 3.05) is 5.75 Å². The van der Waals surface area contributed by atoms with Crippen molar-refractivity contribution in [3.05, 3.63) is 35.9 Å². The molecule has 0 radical (unpaired) electrons. The van der Waals surface area contributed by atoms with Crippen molar-refractivity contribution in [3.63, 3.8) is 0 Å². The number of nitrogens with one attached hydrogen (secondary N) is 1. The molecular formula is C15H16N2OS. The Balaban J connectivity index is 2.05. The van der Waals surface area contributed by atoms with Gasteiger partial charge in [0.1, 0.15) is 0 Å². The van der Waals surface area contributed by atoms with Gasteiger partial charge in [-0.05, 0) is 30.7 Å². The second-order valence-corrected chi connectivity index (χ2v) is 5.99. The van der Waals surface area contributed by atoms with Crippen molar-refractivity contribution in [2.45, 2.75) is 30.8 Å². The second kappa shape index (κ2) is 5.21. The number of carbonyl (C=O) groups excluding carboxylic acids is 1. The van der Waals surface area contributed by atoms with E-state index in [1.165, 1.54) is 0 Å². The van der Waals surface area contributed by atoms with Crippen molar-refractivity contribution in [3.8, 4) is 0 Å². The quantitative estimate of drug-likeness (QED) is 0.869.